The number of imidazole rings is 2. The second kappa shape index (κ2) is 12.5. The largest absolute Gasteiger partial charge is 1.00 e. The summed E-state index contributed by atoms with van der Waals surface area (Å²) >= 11 is 0. The van der Waals surface area contributed by atoms with Crippen LogP contribution in [0.1, 0.15) is 0 Å². The van der Waals surface area contributed by atoms with Crippen LogP contribution in [0.2, 0.25) is 0 Å². The summed E-state index contributed by atoms with van der Waals surface area (Å²) in [5, 5.41) is 0. The summed E-state index contributed by atoms with van der Waals surface area (Å²) in [5.41, 5.74) is 9.83. The molecule has 0 fully saturated rings. The number of aromatic nitrogens is 8. The van der Waals surface area contributed by atoms with Gasteiger partial charge in [0.15, 0.2) is 11.3 Å². The number of nitrogens with two attached hydrogens (primary N) is 2. The summed E-state index contributed by atoms with van der Waals surface area (Å²) in [4.78, 5) is 58.8. The molecule has 0 aliphatic rings. The van der Waals surface area contributed by atoms with Crippen LogP contribution >= 0.6 is 0 Å². The molecular weight excluding hydrogens is 455 g/mol. The topological polar surface area (TPSA) is 197 Å². The molecule has 6 N–H and O–H groups in total. The number of fused-ring (bicyclic) bond motifs is 2. The van der Waals surface area contributed by atoms with Crippen LogP contribution in [0.5, 0.6) is 0 Å². The van der Waals surface area contributed by atoms with E-state index in [9.17, 15) is 19.2 Å². The Morgan fingerprint density at radius 1 is 0.719 bits per heavy atom. The normalized spacial score (nSPS) is 9.81. The molecule has 0 saturated heterocycles. The molecule has 0 aliphatic heterocycles. The molecule has 0 unspecified atom stereocenters. The van der Waals surface area contributed by atoms with E-state index in [1.54, 1.807) is 14.1 Å². The molecule has 4 aromatic heterocycles. The molecule has 32 heavy (non-hydrogen) atoms. The summed E-state index contributed by atoms with van der Waals surface area (Å²) in [7, 11) is 6.02. The monoisotopic (exact) mass is 478 g/mol. The van der Waals surface area contributed by atoms with Crippen LogP contribution in [0.4, 0.5) is 0 Å². The minimum Gasteiger partial charge on any atom is -1.00 e. The molecule has 0 aromatic carbocycles. The van der Waals surface area contributed by atoms with Gasteiger partial charge in [0.25, 0.3) is 11.1 Å². The number of aromatic amines is 2. The fraction of sp³-hybridized carbons (Fsp3) is 0.375. The smallest absolute Gasteiger partial charge is 1.00 e. The average molecular weight is 479 g/mol. The average Bonchev–Trinajstić information content (AvgIpc) is 3.44. The van der Waals surface area contributed by atoms with E-state index in [4.69, 9.17) is 11.5 Å². The second-order valence-electron chi connectivity index (χ2n) is 6.19. The van der Waals surface area contributed by atoms with Crippen LogP contribution in [0, 0.1) is 0 Å². The molecule has 0 bridgehead atoms. The number of nitrogens with one attached hydrogen (secondary N) is 2. The molecule has 14 nitrogen and oxygen atoms in total. The molecule has 0 radical (unpaired) electrons. The third kappa shape index (κ3) is 5.65. The van der Waals surface area contributed by atoms with Gasteiger partial charge in [-0.25, -0.2) is 19.6 Å². The maximum atomic E-state index is 11.4. The Balaban J connectivity index is 0.000000490. The molecule has 4 heterocycles. The Labute approximate surface area is 209 Å². The quantitative estimate of drug-likeness (QED) is 0.193. The van der Waals surface area contributed by atoms with E-state index in [0.717, 1.165) is 9.13 Å². The van der Waals surface area contributed by atoms with Crippen molar-refractivity contribution in [1.29, 1.82) is 0 Å². The Hall–Kier alpha value is -2.49. The molecule has 170 valence electrons. The Kier molecular flexibility index (Phi) is 11.5. The fourth-order valence-corrected chi connectivity index (χ4v) is 2.54. The number of halogens is 1. The maximum absolute atomic E-state index is 11.4. The maximum Gasteiger partial charge on any atom is 1.00 e. The molecule has 0 saturated carbocycles. The van der Waals surface area contributed by atoms with Crippen molar-refractivity contribution in [2.45, 2.75) is 0 Å². The summed E-state index contributed by atoms with van der Waals surface area (Å²) in [6.45, 7) is 1.19. The molecular formula is C16H24ClN10NaO4. The van der Waals surface area contributed by atoms with Gasteiger partial charge in [-0.3, -0.25) is 27.9 Å². The first-order chi connectivity index (χ1) is 14.2. The molecule has 0 atom stereocenters. The first-order valence-electron chi connectivity index (χ1n) is 8.75. The summed E-state index contributed by atoms with van der Waals surface area (Å²) in [6, 6.07) is 0. The van der Waals surface area contributed by atoms with Crippen molar-refractivity contribution in [3.05, 3.63) is 54.3 Å². The molecule has 0 amide bonds. The van der Waals surface area contributed by atoms with Gasteiger partial charge < -0.3 is 33.8 Å². The van der Waals surface area contributed by atoms with Crippen molar-refractivity contribution in [2.24, 2.45) is 39.7 Å². The van der Waals surface area contributed by atoms with Gasteiger partial charge in [-0.05, 0) is 0 Å². The summed E-state index contributed by atoms with van der Waals surface area (Å²) in [6.07, 6.45) is 2.79. The van der Waals surface area contributed by atoms with Gasteiger partial charge in [0.1, 0.15) is 11.0 Å². The number of nitrogens with zero attached hydrogens (tertiary/aromatic N) is 6. The number of rotatable bonds is 1. The number of aryl methyl sites for hydroxylation is 2. The zero-order valence-electron chi connectivity index (χ0n) is 18.4. The molecule has 4 rings (SSSR count). The van der Waals surface area contributed by atoms with Crippen LogP contribution in [-0.4, -0.2) is 51.3 Å². The van der Waals surface area contributed by atoms with Crippen LogP contribution in [0.3, 0.4) is 0 Å². The first-order valence-corrected chi connectivity index (χ1v) is 8.75. The van der Waals surface area contributed by atoms with Gasteiger partial charge in [0, 0.05) is 41.3 Å². The predicted molar refractivity (Wildman–Crippen MR) is 111 cm³/mol. The molecule has 0 aliphatic carbocycles. The molecule has 0 spiro atoms. The van der Waals surface area contributed by atoms with Gasteiger partial charge in [-0.2, -0.15) is 0 Å². The van der Waals surface area contributed by atoms with Crippen LogP contribution in [-0.2, 0) is 28.2 Å². The standard InChI is InChI=1S/2C7H8N4O2.C2H8N2.ClH.Na/c2*1-10-5-4(8-3-9-5)6(12)11(2)7(10)13;3-1-2-4;;/h2*3H,1-2H3,(H,8,9);1-4H2;1H;/q;;;;+1/p-1. The van der Waals surface area contributed by atoms with Gasteiger partial charge in [-0.15, -0.1) is 0 Å². The van der Waals surface area contributed by atoms with E-state index in [1.165, 1.54) is 35.9 Å². The van der Waals surface area contributed by atoms with E-state index in [2.05, 4.69) is 19.9 Å². The predicted octanol–water partition coefficient (Wildman–Crippen LogP) is -9.17. The van der Waals surface area contributed by atoms with Gasteiger partial charge >= 0.3 is 40.9 Å². The minimum atomic E-state index is -0.371. The van der Waals surface area contributed by atoms with Crippen molar-refractivity contribution in [1.82, 2.24) is 38.2 Å². The van der Waals surface area contributed by atoms with Crippen molar-refractivity contribution < 1.29 is 42.0 Å². The zero-order chi connectivity index (χ0) is 22.6. The SMILES string of the molecule is Cn1c(=O)c2[nH]cnc2n(C)c1=O.Cn1c(=O)c2[nH]cnc2n(C)c1=O.NCCN.[Cl-].[Na+]. The van der Waals surface area contributed by atoms with E-state index in [0.29, 0.717) is 35.4 Å². The third-order valence-electron chi connectivity index (χ3n) is 4.23. The first kappa shape index (κ1) is 29.5. The minimum absolute atomic E-state index is 0. The van der Waals surface area contributed by atoms with Gasteiger partial charge in [0.05, 0.1) is 12.7 Å². The van der Waals surface area contributed by atoms with E-state index in [1.807, 2.05) is 0 Å². The van der Waals surface area contributed by atoms with Crippen LogP contribution in [0.25, 0.3) is 22.3 Å². The summed E-state index contributed by atoms with van der Waals surface area (Å²) < 4.78 is 4.74. The Morgan fingerprint density at radius 2 is 1.03 bits per heavy atom. The molecule has 4 aromatic rings. The summed E-state index contributed by atoms with van der Waals surface area (Å²) in [5.74, 6) is 0. The van der Waals surface area contributed by atoms with Crippen LogP contribution in [0.15, 0.2) is 31.8 Å². The van der Waals surface area contributed by atoms with Crippen molar-refractivity contribution in [3.63, 3.8) is 0 Å². The number of hydrogen-bond acceptors (Lipinski definition) is 8. The fourth-order valence-electron chi connectivity index (χ4n) is 2.54. The number of hydrogen-bond donors (Lipinski definition) is 4. The van der Waals surface area contributed by atoms with Crippen LogP contribution < -0.4 is 75.9 Å². The Morgan fingerprint density at radius 3 is 1.31 bits per heavy atom. The van der Waals surface area contributed by atoms with Crippen molar-refractivity contribution in [3.8, 4) is 0 Å². The zero-order valence-corrected chi connectivity index (χ0v) is 21.2. The van der Waals surface area contributed by atoms with E-state index in [-0.39, 0.29) is 64.5 Å². The van der Waals surface area contributed by atoms with Crippen molar-refractivity contribution >= 4 is 22.3 Å². The van der Waals surface area contributed by atoms with Gasteiger partial charge in [0.2, 0.25) is 0 Å². The van der Waals surface area contributed by atoms with E-state index < -0.39 is 0 Å². The second-order valence-corrected chi connectivity index (χ2v) is 6.19. The molecule has 16 heteroatoms. The van der Waals surface area contributed by atoms with Crippen molar-refractivity contribution in [2.75, 3.05) is 13.1 Å². The third-order valence-corrected chi connectivity index (χ3v) is 4.23. The van der Waals surface area contributed by atoms with Gasteiger partial charge in [-0.1, -0.05) is 0 Å². The number of H-pyrrole nitrogens is 2. The Bertz CT molecular complexity index is 1300. The van der Waals surface area contributed by atoms with E-state index >= 15 is 0 Å².